The number of nitrogens with zero attached hydrogens (tertiary/aromatic N) is 4. The number of carbonyl (C=O) groups excluding carboxylic acids is 2. The van der Waals surface area contributed by atoms with Crippen molar-refractivity contribution >= 4 is 11.8 Å². The molecule has 1 aromatic heterocycles. The summed E-state index contributed by atoms with van der Waals surface area (Å²) in [7, 11) is 4.17. The number of furan rings is 1. The summed E-state index contributed by atoms with van der Waals surface area (Å²) in [6.45, 7) is 5.28. The molecule has 9 nitrogen and oxygen atoms in total. The second kappa shape index (κ2) is 9.68. The maximum absolute atomic E-state index is 12.9. The van der Waals surface area contributed by atoms with Crippen molar-refractivity contribution in [1.82, 2.24) is 24.9 Å². The highest BCUT2D eigenvalue weighted by Crippen LogP contribution is 2.29. The van der Waals surface area contributed by atoms with E-state index in [2.05, 4.69) is 34.1 Å². The van der Waals surface area contributed by atoms with E-state index in [1.54, 1.807) is 6.07 Å². The van der Waals surface area contributed by atoms with Crippen LogP contribution in [0.5, 0.6) is 0 Å². The lowest BCUT2D eigenvalue weighted by atomic mass is 10.0. The van der Waals surface area contributed by atoms with Crippen molar-refractivity contribution in [2.24, 2.45) is 0 Å². The summed E-state index contributed by atoms with van der Waals surface area (Å²) >= 11 is 0. The van der Waals surface area contributed by atoms with Crippen molar-refractivity contribution in [2.75, 3.05) is 53.4 Å². The molecule has 31 heavy (non-hydrogen) atoms. The van der Waals surface area contributed by atoms with Crippen LogP contribution in [0.1, 0.15) is 30.8 Å². The van der Waals surface area contributed by atoms with E-state index in [1.807, 2.05) is 11.0 Å². The first-order valence-corrected chi connectivity index (χ1v) is 11.3. The van der Waals surface area contributed by atoms with E-state index in [-0.39, 0.29) is 36.5 Å². The molecule has 172 valence electrons. The third kappa shape index (κ3) is 4.95. The van der Waals surface area contributed by atoms with Crippen LogP contribution in [-0.4, -0.2) is 108 Å². The molecule has 0 saturated carbocycles. The van der Waals surface area contributed by atoms with Crippen LogP contribution in [0.25, 0.3) is 0 Å². The van der Waals surface area contributed by atoms with Gasteiger partial charge in [0.15, 0.2) is 0 Å². The molecule has 3 aliphatic heterocycles. The molecule has 0 bridgehead atoms. The van der Waals surface area contributed by atoms with Crippen LogP contribution in [0.15, 0.2) is 16.5 Å². The zero-order valence-corrected chi connectivity index (χ0v) is 18.6. The Balaban J connectivity index is 1.35. The number of fused-ring (bicyclic) bond motifs is 1. The standard InChI is InChI=1S/C22H35N5O4/c1-24-9-11-26(12-10-24)20(29)6-3-16-13-23-22(30)21-19(25(16)2)7-8-27(21)14-17-4-5-18(15-28)31-17/h4-5,16,19,21,28H,3,6-15H2,1-2H3,(H,23,30)/t16-,19+,21-/m0/s1. The minimum atomic E-state index is -0.231. The van der Waals surface area contributed by atoms with Crippen molar-refractivity contribution < 1.29 is 19.1 Å². The predicted octanol–water partition coefficient (Wildman–Crippen LogP) is -0.301. The van der Waals surface area contributed by atoms with Gasteiger partial charge in [0, 0.05) is 57.8 Å². The summed E-state index contributed by atoms with van der Waals surface area (Å²) in [4.78, 5) is 34.3. The van der Waals surface area contributed by atoms with Gasteiger partial charge in [-0.1, -0.05) is 0 Å². The SMILES string of the molecule is CN1CCN(C(=O)CC[C@H]2CNC(=O)[C@@H]3[C@@H](CCN3Cc3ccc(CO)o3)N2C)CC1. The molecule has 0 spiro atoms. The lowest BCUT2D eigenvalue weighted by Gasteiger charge is -2.34. The number of nitrogens with one attached hydrogen (secondary N) is 1. The molecule has 3 aliphatic rings. The minimum Gasteiger partial charge on any atom is -0.462 e. The topological polar surface area (TPSA) is 92.5 Å². The first-order valence-electron chi connectivity index (χ1n) is 11.3. The van der Waals surface area contributed by atoms with E-state index in [9.17, 15) is 14.7 Å². The molecular weight excluding hydrogens is 398 g/mol. The van der Waals surface area contributed by atoms with Crippen LogP contribution in [0.2, 0.25) is 0 Å². The van der Waals surface area contributed by atoms with Crippen molar-refractivity contribution in [3.63, 3.8) is 0 Å². The monoisotopic (exact) mass is 433 g/mol. The van der Waals surface area contributed by atoms with Crippen LogP contribution in [-0.2, 0) is 22.7 Å². The van der Waals surface area contributed by atoms with Gasteiger partial charge in [-0.2, -0.15) is 0 Å². The molecular formula is C22H35N5O4. The second-order valence-electron chi connectivity index (χ2n) is 9.08. The van der Waals surface area contributed by atoms with Crippen molar-refractivity contribution in [1.29, 1.82) is 0 Å². The number of carbonyl (C=O) groups is 2. The van der Waals surface area contributed by atoms with Crippen molar-refractivity contribution in [3.05, 3.63) is 23.7 Å². The molecule has 9 heteroatoms. The third-order valence-corrected chi connectivity index (χ3v) is 7.13. The molecule has 2 N–H and O–H groups in total. The van der Waals surface area contributed by atoms with Gasteiger partial charge < -0.3 is 24.6 Å². The number of piperazine rings is 1. The molecule has 0 radical (unpaired) electrons. The Kier molecular flexibility index (Phi) is 6.95. The fraction of sp³-hybridized carbons (Fsp3) is 0.727. The Bertz CT molecular complexity index is 776. The Hall–Kier alpha value is -1.94. The molecule has 3 atom stereocenters. The Morgan fingerprint density at radius 3 is 2.61 bits per heavy atom. The molecule has 3 saturated heterocycles. The average Bonchev–Trinajstić information content (AvgIpc) is 3.38. The quantitative estimate of drug-likeness (QED) is 0.636. The maximum Gasteiger partial charge on any atom is 0.239 e. The highest BCUT2D eigenvalue weighted by molar-refractivity contribution is 5.83. The van der Waals surface area contributed by atoms with E-state index >= 15 is 0 Å². The van der Waals surface area contributed by atoms with Gasteiger partial charge in [-0.25, -0.2) is 0 Å². The summed E-state index contributed by atoms with van der Waals surface area (Å²) in [6.07, 6.45) is 2.18. The summed E-state index contributed by atoms with van der Waals surface area (Å²) in [5, 5.41) is 12.3. The third-order valence-electron chi connectivity index (χ3n) is 7.13. The van der Waals surface area contributed by atoms with Gasteiger partial charge in [0.2, 0.25) is 11.8 Å². The minimum absolute atomic E-state index is 0.0520. The van der Waals surface area contributed by atoms with Gasteiger partial charge in [0.1, 0.15) is 24.2 Å². The lowest BCUT2D eigenvalue weighted by Crippen LogP contribution is -2.50. The van der Waals surface area contributed by atoms with Gasteiger partial charge in [-0.15, -0.1) is 0 Å². The second-order valence-corrected chi connectivity index (χ2v) is 9.08. The number of likely N-dealkylation sites (tertiary alicyclic amines) is 1. The van der Waals surface area contributed by atoms with Gasteiger partial charge in [0.05, 0.1) is 6.54 Å². The van der Waals surface area contributed by atoms with E-state index in [1.165, 1.54) is 0 Å². The lowest BCUT2D eigenvalue weighted by molar-refractivity contribution is -0.133. The van der Waals surface area contributed by atoms with Gasteiger partial charge in [0.25, 0.3) is 0 Å². The number of rotatable bonds is 6. The molecule has 1 aromatic rings. The zero-order valence-electron chi connectivity index (χ0n) is 18.6. The Morgan fingerprint density at radius 2 is 1.90 bits per heavy atom. The van der Waals surface area contributed by atoms with Crippen LogP contribution in [0, 0.1) is 0 Å². The van der Waals surface area contributed by atoms with E-state index in [0.29, 0.717) is 25.3 Å². The molecule has 2 amide bonds. The number of hydrogen-bond acceptors (Lipinski definition) is 7. The van der Waals surface area contributed by atoms with Crippen molar-refractivity contribution in [3.8, 4) is 0 Å². The predicted molar refractivity (Wildman–Crippen MR) is 115 cm³/mol. The van der Waals surface area contributed by atoms with Gasteiger partial charge in [-0.05, 0) is 39.1 Å². The number of amides is 2. The van der Waals surface area contributed by atoms with Crippen molar-refractivity contribution in [2.45, 2.75) is 50.5 Å². The summed E-state index contributed by atoms with van der Waals surface area (Å²) in [5.74, 6) is 1.58. The number of hydrogen-bond donors (Lipinski definition) is 2. The van der Waals surface area contributed by atoms with Crippen LogP contribution >= 0.6 is 0 Å². The normalized spacial score (nSPS) is 28.4. The molecule has 0 aliphatic carbocycles. The van der Waals surface area contributed by atoms with E-state index in [4.69, 9.17) is 4.42 Å². The summed E-state index contributed by atoms with van der Waals surface area (Å²) in [6, 6.07) is 3.68. The molecule has 0 unspecified atom stereocenters. The molecule has 0 aromatic carbocycles. The van der Waals surface area contributed by atoms with E-state index < -0.39 is 0 Å². The van der Waals surface area contributed by atoms with E-state index in [0.717, 1.165) is 51.3 Å². The summed E-state index contributed by atoms with van der Waals surface area (Å²) in [5.41, 5.74) is 0. The fourth-order valence-electron chi connectivity index (χ4n) is 5.12. The number of aliphatic hydroxyl groups excluding tert-OH is 1. The van der Waals surface area contributed by atoms with Crippen LogP contribution in [0.4, 0.5) is 0 Å². The molecule has 4 heterocycles. The Labute approximate surface area is 183 Å². The maximum atomic E-state index is 12.9. The largest absolute Gasteiger partial charge is 0.462 e. The van der Waals surface area contributed by atoms with Gasteiger partial charge >= 0.3 is 0 Å². The molecule has 4 rings (SSSR count). The average molecular weight is 434 g/mol. The van der Waals surface area contributed by atoms with Gasteiger partial charge in [-0.3, -0.25) is 19.4 Å². The Morgan fingerprint density at radius 1 is 1.16 bits per heavy atom. The highest BCUT2D eigenvalue weighted by atomic mass is 16.4. The molecule has 3 fully saturated rings. The summed E-state index contributed by atoms with van der Waals surface area (Å²) < 4.78 is 5.64. The first-order chi connectivity index (χ1) is 15.0. The number of aliphatic hydroxyl groups is 1. The van der Waals surface area contributed by atoms with Crippen LogP contribution in [0.3, 0.4) is 0 Å². The zero-order chi connectivity index (χ0) is 22.0. The van der Waals surface area contributed by atoms with Crippen LogP contribution < -0.4 is 5.32 Å². The first kappa shape index (κ1) is 22.3. The smallest absolute Gasteiger partial charge is 0.239 e. The number of likely N-dealkylation sites (N-methyl/N-ethyl adjacent to an activating group) is 2. The fourth-order valence-corrected chi connectivity index (χ4v) is 5.12. The highest BCUT2D eigenvalue weighted by Gasteiger charge is 2.45.